The highest BCUT2D eigenvalue weighted by atomic mass is 32.2. The van der Waals surface area contributed by atoms with Crippen molar-refractivity contribution in [3.63, 3.8) is 0 Å². The van der Waals surface area contributed by atoms with Gasteiger partial charge < -0.3 is 0 Å². The standard InChI is InChI=1S/C17H12N2O3S2/c20-16-15(10-13-8-4-5-9-14(13)19(21)22)24-17(23)18(16)11-12-6-2-1-3-7-12/h1-10H,11H2/b15-10+. The molecule has 1 heterocycles. The summed E-state index contributed by atoms with van der Waals surface area (Å²) in [7, 11) is 0. The predicted molar refractivity (Wildman–Crippen MR) is 98.3 cm³/mol. The Balaban J connectivity index is 1.88. The molecule has 5 nitrogen and oxygen atoms in total. The molecule has 0 spiro atoms. The van der Waals surface area contributed by atoms with E-state index in [1.165, 1.54) is 17.0 Å². The van der Waals surface area contributed by atoms with Crippen LogP contribution in [0.2, 0.25) is 0 Å². The van der Waals surface area contributed by atoms with Crippen LogP contribution in [0.25, 0.3) is 6.08 Å². The highest BCUT2D eigenvalue weighted by Gasteiger charge is 2.32. The van der Waals surface area contributed by atoms with Crippen LogP contribution in [-0.2, 0) is 11.3 Å². The zero-order chi connectivity index (χ0) is 17.1. The molecule has 24 heavy (non-hydrogen) atoms. The maximum atomic E-state index is 12.6. The summed E-state index contributed by atoms with van der Waals surface area (Å²) < 4.78 is 0.452. The van der Waals surface area contributed by atoms with E-state index in [9.17, 15) is 14.9 Å². The van der Waals surface area contributed by atoms with Gasteiger partial charge in [-0.05, 0) is 17.7 Å². The smallest absolute Gasteiger partial charge is 0.276 e. The highest BCUT2D eigenvalue weighted by molar-refractivity contribution is 8.26. The zero-order valence-electron chi connectivity index (χ0n) is 12.4. The van der Waals surface area contributed by atoms with Gasteiger partial charge >= 0.3 is 0 Å². The lowest BCUT2D eigenvalue weighted by molar-refractivity contribution is -0.385. The summed E-state index contributed by atoms with van der Waals surface area (Å²) in [5, 5.41) is 11.1. The maximum Gasteiger partial charge on any atom is 0.276 e. The predicted octanol–water partition coefficient (Wildman–Crippen LogP) is 4.00. The van der Waals surface area contributed by atoms with Crippen LogP contribution < -0.4 is 0 Å². The first-order valence-electron chi connectivity index (χ1n) is 7.09. The molecule has 2 aromatic carbocycles. The second kappa shape index (κ2) is 6.94. The molecule has 1 fully saturated rings. The minimum Gasteiger partial charge on any atom is -0.288 e. The van der Waals surface area contributed by atoms with Crippen molar-refractivity contribution in [2.75, 3.05) is 0 Å². The maximum absolute atomic E-state index is 12.6. The number of hydrogen-bond donors (Lipinski definition) is 0. The van der Waals surface area contributed by atoms with Crippen LogP contribution in [0.4, 0.5) is 5.69 Å². The molecule has 0 aromatic heterocycles. The number of amides is 1. The van der Waals surface area contributed by atoms with E-state index in [4.69, 9.17) is 12.2 Å². The molecule has 0 aliphatic carbocycles. The van der Waals surface area contributed by atoms with Gasteiger partial charge in [0.25, 0.3) is 11.6 Å². The number of thiocarbonyl (C=S) groups is 1. The fraction of sp³-hybridized carbons (Fsp3) is 0.0588. The molecule has 1 aliphatic heterocycles. The van der Waals surface area contributed by atoms with Crippen LogP contribution in [0.15, 0.2) is 59.5 Å². The fourth-order valence-electron chi connectivity index (χ4n) is 2.32. The van der Waals surface area contributed by atoms with E-state index in [1.807, 2.05) is 30.3 Å². The van der Waals surface area contributed by atoms with Gasteiger partial charge in [0.05, 0.1) is 21.9 Å². The Bertz CT molecular complexity index is 850. The third-order valence-electron chi connectivity index (χ3n) is 3.48. The summed E-state index contributed by atoms with van der Waals surface area (Å²) in [6.07, 6.45) is 1.53. The zero-order valence-corrected chi connectivity index (χ0v) is 14.0. The van der Waals surface area contributed by atoms with Crippen molar-refractivity contribution in [2.45, 2.75) is 6.54 Å². The van der Waals surface area contributed by atoms with Crippen LogP contribution in [0.3, 0.4) is 0 Å². The minimum absolute atomic E-state index is 0.0363. The Morgan fingerprint density at radius 3 is 2.50 bits per heavy atom. The number of nitro groups is 1. The first kappa shape index (κ1) is 16.4. The topological polar surface area (TPSA) is 63.4 Å². The van der Waals surface area contributed by atoms with Crippen molar-refractivity contribution in [1.82, 2.24) is 4.90 Å². The van der Waals surface area contributed by atoms with E-state index in [2.05, 4.69) is 0 Å². The third-order valence-corrected chi connectivity index (χ3v) is 4.85. The molecule has 120 valence electrons. The second-order valence-corrected chi connectivity index (χ2v) is 6.75. The number of nitrogens with zero attached hydrogens (tertiary/aromatic N) is 2. The monoisotopic (exact) mass is 356 g/mol. The van der Waals surface area contributed by atoms with Crippen molar-refractivity contribution < 1.29 is 9.72 Å². The third kappa shape index (κ3) is 3.37. The molecule has 7 heteroatoms. The summed E-state index contributed by atoms with van der Waals surface area (Å²) in [5.41, 5.74) is 1.33. The summed E-state index contributed by atoms with van der Waals surface area (Å²) >= 11 is 6.45. The van der Waals surface area contributed by atoms with Crippen molar-refractivity contribution in [3.05, 3.63) is 80.7 Å². The van der Waals surface area contributed by atoms with E-state index in [0.717, 1.165) is 17.3 Å². The summed E-state index contributed by atoms with van der Waals surface area (Å²) in [5.74, 6) is -0.230. The Hall–Kier alpha value is -2.51. The SMILES string of the molecule is O=C1/C(=C\c2ccccc2[N+](=O)[O-])SC(=S)N1Cc1ccccc1. The van der Waals surface area contributed by atoms with E-state index in [-0.39, 0.29) is 11.6 Å². The number of rotatable bonds is 4. The van der Waals surface area contributed by atoms with Crippen molar-refractivity contribution in [3.8, 4) is 0 Å². The van der Waals surface area contributed by atoms with E-state index in [1.54, 1.807) is 18.2 Å². The molecule has 0 saturated carbocycles. The van der Waals surface area contributed by atoms with Crippen molar-refractivity contribution in [2.24, 2.45) is 0 Å². The number of carbonyl (C=O) groups is 1. The van der Waals surface area contributed by atoms with Gasteiger partial charge in [-0.1, -0.05) is 66.4 Å². The number of benzene rings is 2. The molecule has 0 N–H and O–H groups in total. The molecule has 1 amide bonds. The van der Waals surface area contributed by atoms with E-state index < -0.39 is 4.92 Å². The van der Waals surface area contributed by atoms with Gasteiger partial charge in [0, 0.05) is 6.07 Å². The summed E-state index contributed by atoms with van der Waals surface area (Å²) in [6.45, 7) is 0.389. The van der Waals surface area contributed by atoms with Gasteiger partial charge in [-0.2, -0.15) is 0 Å². The molecule has 0 atom stereocenters. The Morgan fingerprint density at radius 2 is 1.79 bits per heavy atom. The van der Waals surface area contributed by atoms with Crippen LogP contribution >= 0.6 is 24.0 Å². The van der Waals surface area contributed by atoms with Crippen molar-refractivity contribution in [1.29, 1.82) is 0 Å². The first-order chi connectivity index (χ1) is 11.6. The fourth-order valence-corrected chi connectivity index (χ4v) is 3.57. The minimum atomic E-state index is -0.462. The van der Waals surface area contributed by atoms with Gasteiger partial charge in [0.1, 0.15) is 4.32 Å². The van der Waals surface area contributed by atoms with E-state index >= 15 is 0 Å². The number of nitro benzene ring substituents is 1. The van der Waals surface area contributed by atoms with Gasteiger partial charge in [-0.3, -0.25) is 19.8 Å². The summed E-state index contributed by atoms with van der Waals surface area (Å²) in [6, 6.07) is 15.9. The van der Waals surface area contributed by atoms with Gasteiger partial charge in [0.15, 0.2) is 0 Å². The lowest BCUT2D eigenvalue weighted by atomic mass is 10.1. The van der Waals surface area contributed by atoms with Crippen LogP contribution in [0.5, 0.6) is 0 Å². The molecule has 0 bridgehead atoms. The van der Waals surface area contributed by atoms with Gasteiger partial charge in [-0.15, -0.1) is 0 Å². The highest BCUT2D eigenvalue weighted by Crippen LogP contribution is 2.34. The van der Waals surface area contributed by atoms with Crippen LogP contribution in [-0.4, -0.2) is 20.1 Å². The molecular weight excluding hydrogens is 344 g/mol. The lowest BCUT2D eigenvalue weighted by Gasteiger charge is -2.14. The molecule has 1 saturated heterocycles. The molecule has 1 aliphatic rings. The lowest BCUT2D eigenvalue weighted by Crippen LogP contribution is -2.27. The molecule has 3 rings (SSSR count). The Morgan fingerprint density at radius 1 is 1.12 bits per heavy atom. The number of hydrogen-bond acceptors (Lipinski definition) is 5. The van der Waals surface area contributed by atoms with Gasteiger partial charge in [0.2, 0.25) is 0 Å². The number of para-hydroxylation sites is 1. The Kier molecular flexibility index (Phi) is 4.73. The molecule has 0 unspecified atom stereocenters. The largest absolute Gasteiger partial charge is 0.288 e. The normalized spacial score (nSPS) is 16.0. The average molecular weight is 356 g/mol. The number of thioether (sulfide) groups is 1. The van der Waals surface area contributed by atoms with E-state index in [0.29, 0.717) is 21.3 Å². The van der Waals surface area contributed by atoms with Gasteiger partial charge in [-0.25, -0.2) is 0 Å². The molecule has 0 radical (unpaired) electrons. The van der Waals surface area contributed by atoms with Crippen LogP contribution in [0, 0.1) is 10.1 Å². The second-order valence-electron chi connectivity index (χ2n) is 5.07. The Labute approximate surface area is 148 Å². The van der Waals surface area contributed by atoms with Crippen LogP contribution in [0.1, 0.15) is 11.1 Å². The molecular formula is C17H12N2O3S2. The number of carbonyl (C=O) groups excluding carboxylic acids is 1. The summed E-state index contributed by atoms with van der Waals surface area (Å²) in [4.78, 5) is 25.1. The quantitative estimate of drug-likeness (QED) is 0.359. The molecule has 2 aromatic rings. The van der Waals surface area contributed by atoms with Crippen molar-refractivity contribution >= 4 is 46.0 Å². The first-order valence-corrected chi connectivity index (χ1v) is 8.31. The average Bonchev–Trinajstić information content (AvgIpc) is 2.84.